The average molecular weight is 247 g/mol. The Morgan fingerprint density at radius 3 is 2.38 bits per heavy atom. The predicted octanol–water partition coefficient (Wildman–Crippen LogP) is 0.774. The van der Waals surface area contributed by atoms with Crippen molar-refractivity contribution in [3.63, 3.8) is 0 Å². The molecule has 0 aromatic heterocycles. The van der Waals surface area contributed by atoms with E-state index in [1.165, 1.54) is 14.1 Å². The standard InChI is InChI=1S/C9H10FNO4S/c1-11(2)16(14,15)8-5-6(9(12)13)3-4-7(8)10/h3-5H,1-2H3,(H,12,13). The molecule has 0 radical (unpaired) electrons. The molecule has 7 heteroatoms. The number of benzene rings is 1. The fourth-order valence-corrected chi connectivity index (χ4v) is 2.01. The van der Waals surface area contributed by atoms with E-state index in [9.17, 15) is 17.6 Å². The smallest absolute Gasteiger partial charge is 0.335 e. The van der Waals surface area contributed by atoms with Gasteiger partial charge in [-0.25, -0.2) is 21.9 Å². The number of carboxylic acids is 1. The van der Waals surface area contributed by atoms with Crippen molar-refractivity contribution in [3.8, 4) is 0 Å². The minimum atomic E-state index is -3.97. The summed E-state index contributed by atoms with van der Waals surface area (Å²) in [6, 6.07) is 2.62. The van der Waals surface area contributed by atoms with E-state index in [0.29, 0.717) is 0 Å². The molecule has 1 aromatic rings. The molecule has 0 amide bonds. The van der Waals surface area contributed by atoms with Crippen LogP contribution in [0.25, 0.3) is 0 Å². The van der Waals surface area contributed by atoms with Crippen molar-refractivity contribution >= 4 is 16.0 Å². The molecule has 16 heavy (non-hydrogen) atoms. The zero-order valence-corrected chi connectivity index (χ0v) is 9.45. The first-order valence-electron chi connectivity index (χ1n) is 4.22. The van der Waals surface area contributed by atoms with Crippen LogP contribution in [0, 0.1) is 5.82 Å². The van der Waals surface area contributed by atoms with Gasteiger partial charge in [-0.2, -0.15) is 0 Å². The summed E-state index contributed by atoms with van der Waals surface area (Å²) < 4.78 is 37.3. The van der Waals surface area contributed by atoms with E-state index in [2.05, 4.69) is 0 Å². The second-order valence-corrected chi connectivity index (χ2v) is 5.36. The van der Waals surface area contributed by atoms with Gasteiger partial charge in [0.1, 0.15) is 10.7 Å². The lowest BCUT2D eigenvalue weighted by atomic mass is 10.2. The molecule has 0 saturated carbocycles. The normalized spacial score (nSPS) is 11.8. The lowest BCUT2D eigenvalue weighted by molar-refractivity contribution is 0.0696. The first-order valence-corrected chi connectivity index (χ1v) is 5.66. The highest BCUT2D eigenvalue weighted by Gasteiger charge is 2.23. The summed E-state index contributed by atoms with van der Waals surface area (Å²) in [5, 5.41) is 8.67. The molecule has 1 N–H and O–H groups in total. The molecule has 0 aliphatic rings. The summed E-state index contributed by atoms with van der Waals surface area (Å²) in [5.74, 6) is -2.28. The SMILES string of the molecule is CN(C)S(=O)(=O)c1cc(C(=O)O)ccc1F. The number of carbonyl (C=O) groups is 1. The summed E-state index contributed by atoms with van der Waals surface area (Å²) >= 11 is 0. The third-order valence-electron chi connectivity index (χ3n) is 1.94. The molecule has 0 fully saturated rings. The van der Waals surface area contributed by atoms with Crippen molar-refractivity contribution in [1.29, 1.82) is 0 Å². The van der Waals surface area contributed by atoms with Crippen LogP contribution in [0.3, 0.4) is 0 Å². The fraction of sp³-hybridized carbons (Fsp3) is 0.222. The summed E-state index contributed by atoms with van der Waals surface area (Å²) in [6.07, 6.45) is 0. The van der Waals surface area contributed by atoms with Crippen LogP contribution >= 0.6 is 0 Å². The van der Waals surface area contributed by atoms with Gasteiger partial charge in [0.05, 0.1) is 5.56 Å². The average Bonchev–Trinajstić information content (AvgIpc) is 2.17. The Hall–Kier alpha value is -1.47. The first kappa shape index (κ1) is 12.6. The van der Waals surface area contributed by atoms with Crippen molar-refractivity contribution in [2.75, 3.05) is 14.1 Å². The molecular formula is C9H10FNO4S. The lowest BCUT2D eigenvalue weighted by Crippen LogP contribution is -2.23. The van der Waals surface area contributed by atoms with Crippen molar-refractivity contribution in [3.05, 3.63) is 29.6 Å². The highest BCUT2D eigenvalue weighted by molar-refractivity contribution is 7.89. The maximum atomic E-state index is 13.3. The molecule has 1 rings (SSSR count). The summed E-state index contributed by atoms with van der Waals surface area (Å²) in [4.78, 5) is 9.99. The van der Waals surface area contributed by atoms with Gasteiger partial charge in [-0.3, -0.25) is 0 Å². The van der Waals surface area contributed by atoms with E-state index in [0.717, 1.165) is 22.5 Å². The third kappa shape index (κ3) is 2.20. The quantitative estimate of drug-likeness (QED) is 0.856. The van der Waals surface area contributed by atoms with Crippen LogP contribution in [0.4, 0.5) is 4.39 Å². The van der Waals surface area contributed by atoms with E-state index >= 15 is 0 Å². The number of sulfonamides is 1. The number of hydrogen-bond acceptors (Lipinski definition) is 3. The van der Waals surface area contributed by atoms with E-state index in [1.54, 1.807) is 0 Å². The van der Waals surface area contributed by atoms with E-state index in [4.69, 9.17) is 5.11 Å². The van der Waals surface area contributed by atoms with Gasteiger partial charge in [0.2, 0.25) is 10.0 Å². The second kappa shape index (κ2) is 4.18. The van der Waals surface area contributed by atoms with E-state index < -0.39 is 26.7 Å². The maximum absolute atomic E-state index is 13.3. The highest BCUT2D eigenvalue weighted by atomic mass is 32.2. The molecule has 1 aromatic carbocycles. The molecule has 88 valence electrons. The topological polar surface area (TPSA) is 74.7 Å². The van der Waals surface area contributed by atoms with Gasteiger partial charge in [0.15, 0.2) is 0 Å². The molecule has 0 bridgehead atoms. The molecule has 5 nitrogen and oxygen atoms in total. The number of aromatic carboxylic acids is 1. The van der Waals surface area contributed by atoms with Gasteiger partial charge in [0, 0.05) is 14.1 Å². The van der Waals surface area contributed by atoms with Gasteiger partial charge in [-0.15, -0.1) is 0 Å². The monoisotopic (exact) mass is 247 g/mol. The van der Waals surface area contributed by atoms with Gasteiger partial charge in [-0.05, 0) is 18.2 Å². The summed E-state index contributed by atoms with van der Waals surface area (Å²) in [6.45, 7) is 0. The van der Waals surface area contributed by atoms with Crippen LogP contribution in [0.2, 0.25) is 0 Å². The van der Waals surface area contributed by atoms with Crippen LogP contribution in [0.5, 0.6) is 0 Å². The molecule has 0 atom stereocenters. The minimum Gasteiger partial charge on any atom is -0.478 e. The van der Waals surface area contributed by atoms with Gasteiger partial charge in [-0.1, -0.05) is 0 Å². The maximum Gasteiger partial charge on any atom is 0.335 e. The number of carboxylic acid groups (broad SMARTS) is 1. The zero-order valence-electron chi connectivity index (χ0n) is 8.64. The predicted molar refractivity (Wildman–Crippen MR) is 54.2 cm³/mol. The minimum absolute atomic E-state index is 0.276. The van der Waals surface area contributed by atoms with E-state index in [1.807, 2.05) is 0 Å². The fourth-order valence-electron chi connectivity index (χ4n) is 1.03. The highest BCUT2D eigenvalue weighted by Crippen LogP contribution is 2.19. The van der Waals surface area contributed by atoms with E-state index in [-0.39, 0.29) is 5.56 Å². The van der Waals surface area contributed by atoms with Crippen LogP contribution < -0.4 is 0 Å². The van der Waals surface area contributed by atoms with Crippen LogP contribution in [-0.2, 0) is 10.0 Å². The Kier molecular flexibility index (Phi) is 3.30. The number of hydrogen-bond donors (Lipinski definition) is 1. The van der Waals surface area contributed by atoms with Crippen molar-refractivity contribution < 1.29 is 22.7 Å². The molecule has 0 aliphatic heterocycles. The number of halogens is 1. The lowest BCUT2D eigenvalue weighted by Gasteiger charge is -2.12. The third-order valence-corrected chi connectivity index (χ3v) is 3.77. The Labute approximate surface area is 92.2 Å². The molecule has 0 heterocycles. The van der Waals surface area contributed by atoms with Crippen molar-refractivity contribution in [2.45, 2.75) is 4.90 Å². The molecule has 0 unspecified atom stereocenters. The Balaban J connectivity index is 3.45. The molecular weight excluding hydrogens is 237 g/mol. The zero-order chi connectivity index (χ0) is 12.5. The van der Waals surface area contributed by atoms with Gasteiger partial charge >= 0.3 is 5.97 Å². The summed E-state index contributed by atoms with van der Waals surface area (Å²) in [7, 11) is -1.49. The van der Waals surface area contributed by atoms with Crippen LogP contribution in [0.15, 0.2) is 23.1 Å². The van der Waals surface area contributed by atoms with Crippen molar-refractivity contribution in [1.82, 2.24) is 4.31 Å². The van der Waals surface area contributed by atoms with Crippen molar-refractivity contribution in [2.24, 2.45) is 0 Å². The van der Waals surface area contributed by atoms with Crippen LogP contribution in [0.1, 0.15) is 10.4 Å². The van der Waals surface area contributed by atoms with Gasteiger partial charge < -0.3 is 5.11 Å². The number of rotatable bonds is 3. The molecule has 0 aliphatic carbocycles. The van der Waals surface area contributed by atoms with Gasteiger partial charge in [0.25, 0.3) is 0 Å². The largest absolute Gasteiger partial charge is 0.478 e. The molecule has 0 spiro atoms. The first-order chi connectivity index (χ1) is 7.26. The Morgan fingerprint density at radius 2 is 1.94 bits per heavy atom. The Morgan fingerprint density at radius 1 is 1.38 bits per heavy atom. The second-order valence-electron chi connectivity index (χ2n) is 3.24. The Bertz CT molecular complexity index is 524. The molecule has 0 saturated heterocycles. The van der Waals surface area contributed by atoms with Crippen LogP contribution in [-0.4, -0.2) is 37.9 Å². The summed E-state index contributed by atoms with van der Waals surface area (Å²) in [5.41, 5.74) is -0.276. The number of nitrogens with zero attached hydrogens (tertiary/aromatic N) is 1.